The Balaban J connectivity index is 2.07. The monoisotopic (exact) mass is 378 g/mol. The molecule has 1 aromatic rings. The summed E-state index contributed by atoms with van der Waals surface area (Å²) in [5.74, 6) is -0.359. The summed E-state index contributed by atoms with van der Waals surface area (Å²) in [7, 11) is -4.20. The highest BCUT2D eigenvalue weighted by molar-refractivity contribution is 7.89. The summed E-state index contributed by atoms with van der Waals surface area (Å²) in [4.78, 5) is 13.4. The fraction of sp³-hybridized carbons (Fsp3) is 0.562. The second kappa shape index (κ2) is 7.74. The summed E-state index contributed by atoms with van der Waals surface area (Å²) in [5, 5.41) is 0. The fourth-order valence-electron chi connectivity index (χ4n) is 2.93. The van der Waals surface area contributed by atoms with Crippen LogP contribution >= 0.6 is 0 Å². The number of sulfonamides is 1. The lowest BCUT2D eigenvalue weighted by molar-refractivity contribution is -0.137. The minimum absolute atomic E-state index is 0.0827. The minimum Gasteiger partial charge on any atom is -0.339 e. The molecule has 0 aromatic heterocycles. The fourth-order valence-corrected chi connectivity index (χ4v) is 3.95. The van der Waals surface area contributed by atoms with Gasteiger partial charge in [0.15, 0.2) is 0 Å². The van der Waals surface area contributed by atoms with Crippen LogP contribution in [0.2, 0.25) is 0 Å². The maximum absolute atomic E-state index is 12.7. The number of hydrogen-bond acceptors (Lipinski definition) is 3. The van der Waals surface area contributed by atoms with Crippen LogP contribution in [0, 0.1) is 0 Å². The summed E-state index contributed by atoms with van der Waals surface area (Å²) >= 11 is 0. The van der Waals surface area contributed by atoms with Crippen molar-refractivity contribution < 1.29 is 26.4 Å². The van der Waals surface area contributed by atoms with Gasteiger partial charge in [-0.15, -0.1) is 0 Å². The Labute approximate surface area is 145 Å². The SMILES string of the molecule is CCC1CCCCN1C(=O)CNS(=O)(=O)c1cccc(C(F)(F)F)c1. The third-order valence-corrected chi connectivity index (χ3v) is 5.70. The summed E-state index contributed by atoms with van der Waals surface area (Å²) in [5.41, 5.74) is -1.05. The topological polar surface area (TPSA) is 66.5 Å². The smallest absolute Gasteiger partial charge is 0.339 e. The lowest BCUT2D eigenvalue weighted by atomic mass is 10.00. The molecule has 1 amide bonds. The first-order valence-electron chi connectivity index (χ1n) is 8.11. The molecule has 0 radical (unpaired) electrons. The van der Waals surface area contributed by atoms with Crippen LogP contribution in [0.4, 0.5) is 13.2 Å². The van der Waals surface area contributed by atoms with E-state index in [0.29, 0.717) is 12.6 Å². The Morgan fingerprint density at radius 2 is 2.04 bits per heavy atom. The molecule has 1 unspecified atom stereocenters. The van der Waals surface area contributed by atoms with Crippen molar-refractivity contribution in [2.45, 2.75) is 49.7 Å². The number of benzene rings is 1. The standard InChI is InChI=1S/C16H21F3N2O3S/c1-2-13-7-3-4-9-21(13)15(22)11-20-25(23,24)14-8-5-6-12(10-14)16(17,18)19/h5-6,8,10,13,20H,2-4,7,9,11H2,1H3. The number of nitrogens with zero attached hydrogens (tertiary/aromatic N) is 1. The summed E-state index contributed by atoms with van der Waals surface area (Å²) in [6.07, 6.45) is -1.08. The minimum atomic E-state index is -4.64. The number of carbonyl (C=O) groups is 1. The van der Waals surface area contributed by atoms with Crippen molar-refractivity contribution in [1.29, 1.82) is 0 Å². The Bertz CT molecular complexity index is 720. The first kappa shape index (κ1) is 19.7. The molecule has 1 N–H and O–H groups in total. The summed E-state index contributed by atoms with van der Waals surface area (Å²) < 4.78 is 64.7. The Hall–Kier alpha value is -1.61. The van der Waals surface area contributed by atoms with Gasteiger partial charge in [-0.25, -0.2) is 13.1 Å². The summed E-state index contributed by atoms with van der Waals surface area (Å²) in [6.45, 7) is 2.07. The van der Waals surface area contributed by atoms with Crippen molar-refractivity contribution in [3.05, 3.63) is 29.8 Å². The van der Waals surface area contributed by atoms with Crippen molar-refractivity contribution in [2.24, 2.45) is 0 Å². The van der Waals surface area contributed by atoms with Crippen LogP contribution in [0.1, 0.15) is 38.2 Å². The first-order valence-corrected chi connectivity index (χ1v) is 9.60. The van der Waals surface area contributed by atoms with Gasteiger partial charge in [-0.2, -0.15) is 13.2 Å². The highest BCUT2D eigenvalue weighted by Gasteiger charge is 2.32. The molecule has 1 aliphatic heterocycles. The molecule has 1 atom stereocenters. The largest absolute Gasteiger partial charge is 0.416 e. The molecule has 140 valence electrons. The Kier molecular flexibility index (Phi) is 6.10. The molecule has 5 nitrogen and oxygen atoms in total. The van der Waals surface area contributed by atoms with E-state index in [2.05, 4.69) is 4.72 Å². The van der Waals surface area contributed by atoms with E-state index < -0.39 is 33.2 Å². The van der Waals surface area contributed by atoms with Gasteiger partial charge in [0, 0.05) is 12.6 Å². The zero-order chi connectivity index (χ0) is 18.7. The van der Waals surface area contributed by atoms with E-state index in [9.17, 15) is 26.4 Å². The van der Waals surface area contributed by atoms with Crippen LogP contribution < -0.4 is 4.72 Å². The van der Waals surface area contributed by atoms with Crippen LogP contribution in [0.5, 0.6) is 0 Å². The third kappa shape index (κ3) is 4.94. The van der Waals surface area contributed by atoms with Crippen molar-refractivity contribution in [3.8, 4) is 0 Å². The molecule has 1 aromatic carbocycles. The van der Waals surface area contributed by atoms with Crippen LogP contribution in [0.3, 0.4) is 0 Å². The Morgan fingerprint density at radius 3 is 2.68 bits per heavy atom. The van der Waals surface area contributed by atoms with Crippen LogP contribution in [-0.2, 0) is 21.0 Å². The molecule has 0 saturated carbocycles. The molecule has 9 heteroatoms. The normalized spacial score (nSPS) is 19.0. The van der Waals surface area contributed by atoms with Crippen LogP contribution in [0.25, 0.3) is 0 Å². The van der Waals surface area contributed by atoms with E-state index in [-0.39, 0.29) is 11.9 Å². The quantitative estimate of drug-likeness (QED) is 0.857. The molecular weight excluding hydrogens is 357 g/mol. The van der Waals surface area contributed by atoms with Gasteiger partial charge in [-0.05, 0) is 43.9 Å². The van der Waals surface area contributed by atoms with Crippen molar-refractivity contribution in [1.82, 2.24) is 9.62 Å². The predicted octanol–water partition coefficient (Wildman–Crippen LogP) is 2.77. The van der Waals surface area contributed by atoms with E-state index in [1.165, 1.54) is 0 Å². The van der Waals surface area contributed by atoms with Gasteiger partial charge >= 0.3 is 6.18 Å². The van der Waals surface area contributed by atoms with Crippen molar-refractivity contribution in [3.63, 3.8) is 0 Å². The Morgan fingerprint density at radius 1 is 1.32 bits per heavy atom. The van der Waals surface area contributed by atoms with Crippen molar-refractivity contribution in [2.75, 3.05) is 13.1 Å². The first-order chi connectivity index (χ1) is 11.6. The molecule has 1 heterocycles. The van der Waals surface area contributed by atoms with E-state index >= 15 is 0 Å². The van der Waals surface area contributed by atoms with E-state index in [1.54, 1.807) is 4.90 Å². The van der Waals surface area contributed by atoms with E-state index in [1.807, 2.05) is 6.92 Å². The lowest BCUT2D eigenvalue weighted by Crippen LogP contribution is -2.47. The zero-order valence-corrected chi connectivity index (χ0v) is 14.7. The van der Waals surface area contributed by atoms with Crippen LogP contribution in [0.15, 0.2) is 29.2 Å². The second-order valence-corrected chi connectivity index (χ2v) is 7.76. The van der Waals surface area contributed by atoms with Gasteiger partial charge in [0.1, 0.15) is 0 Å². The van der Waals surface area contributed by atoms with Gasteiger partial charge in [0.2, 0.25) is 15.9 Å². The number of carbonyl (C=O) groups excluding carboxylic acids is 1. The third-order valence-electron chi connectivity index (χ3n) is 4.30. The number of amides is 1. The molecule has 1 fully saturated rings. The van der Waals surface area contributed by atoms with E-state index in [0.717, 1.165) is 43.9 Å². The average Bonchev–Trinajstić information content (AvgIpc) is 2.59. The highest BCUT2D eigenvalue weighted by atomic mass is 32.2. The number of piperidine rings is 1. The van der Waals surface area contributed by atoms with Crippen molar-refractivity contribution >= 4 is 15.9 Å². The van der Waals surface area contributed by atoms with Gasteiger partial charge in [0.05, 0.1) is 17.0 Å². The predicted molar refractivity (Wildman–Crippen MR) is 86.3 cm³/mol. The van der Waals surface area contributed by atoms with Gasteiger partial charge in [-0.3, -0.25) is 4.79 Å². The van der Waals surface area contributed by atoms with Gasteiger partial charge in [-0.1, -0.05) is 13.0 Å². The van der Waals surface area contributed by atoms with Crippen LogP contribution in [-0.4, -0.2) is 38.4 Å². The number of rotatable bonds is 5. The zero-order valence-electron chi connectivity index (χ0n) is 13.8. The molecule has 0 spiro atoms. The highest BCUT2D eigenvalue weighted by Crippen LogP contribution is 2.30. The molecular formula is C16H21F3N2O3S. The maximum Gasteiger partial charge on any atom is 0.416 e. The number of halogens is 3. The number of likely N-dealkylation sites (tertiary alicyclic amines) is 1. The average molecular weight is 378 g/mol. The van der Waals surface area contributed by atoms with E-state index in [4.69, 9.17) is 0 Å². The molecule has 1 aliphatic rings. The summed E-state index contributed by atoms with van der Waals surface area (Å²) in [6, 6.07) is 3.53. The molecule has 25 heavy (non-hydrogen) atoms. The molecule has 0 bridgehead atoms. The number of alkyl halides is 3. The number of nitrogens with one attached hydrogen (secondary N) is 1. The van der Waals surface area contributed by atoms with Gasteiger partial charge in [0.25, 0.3) is 0 Å². The molecule has 1 saturated heterocycles. The maximum atomic E-state index is 12.7. The van der Waals surface area contributed by atoms with Gasteiger partial charge < -0.3 is 4.90 Å². The lowest BCUT2D eigenvalue weighted by Gasteiger charge is -2.35. The number of hydrogen-bond donors (Lipinski definition) is 1. The molecule has 0 aliphatic carbocycles. The molecule has 2 rings (SSSR count). The second-order valence-electron chi connectivity index (χ2n) is 6.00.